The molecule has 1 unspecified atom stereocenters. The standard InChI is InChI=1S/C12H23NO6/c1-7(15)10(13-11(16)8(2)18-4)12(3,17)9(6-14)19-5/h6-10,15,17H,1-5H3,(H,13,16)/t7-,8?,9-,10-,12-/m0/s1. The number of nitrogens with one attached hydrogen (secondary N) is 1. The van der Waals surface area contributed by atoms with Crippen LogP contribution in [-0.4, -0.2) is 66.6 Å². The zero-order chi connectivity index (χ0) is 15.2. The first-order valence-electron chi connectivity index (χ1n) is 5.94. The predicted octanol–water partition coefficient (Wildman–Crippen LogP) is -1.15. The first-order chi connectivity index (χ1) is 8.72. The lowest BCUT2D eigenvalue weighted by Gasteiger charge is -2.38. The van der Waals surface area contributed by atoms with E-state index < -0.39 is 35.9 Å². The summed E-state index contributed by atoms with van der Waals surface area (Å²) < 4.78 is 9.69. The third kappa shape index (κ3) is 4.54. The van der Waals surface area contributed by atoms with E-state index in [4.69, 9.17) is 9.47 Å². The second-order valence-corrected chi connectivity index (χ2v) is 4.62. The summed E-state index contributed by atoms with van der Waals surface area (Å²) in [6.45, 7) is 4.23. The lowest BCUT2D eigenvalue weighted by atomic mass is 9.87. The molecular formula is C12H23NO6. The second-order valence-electron chi connectivity index (χ2n) is 4.62. The Balaban J connectivity index is 5.10. The molecule has 3 N–H and O–H groups in total. The van der Waals surface area contributed by atoms with Crippen LogP contribution < -0.4 is 5.32 Å². The van der Waals surface area contributed by atoms with Gasteiger partial charge in [-0.2, -0.15) is 0 Å². The minimum absolute atomic E-state index is 0.418. The van der Waals surface area contributed by atoms with Crippen LogP contribution in [0.2, 0.25) is 0 Å². The highest BCUT2D eigenvalue weighted by Gasteiger charge is 2.43. The monoisotopic (exact) mass is 277 g/mol. The normalized spacial score (nSPS) is 20.8. The highest BCUT2D eigenvalue weighted by atomic mass is 16.5. The summed E-state index contributed by atoms with van der Waals surface area (Å²) in [4.78, 5) is 22.6. The number of aliphatic hydroxyl groups excluding tert-OH is 1. The van der Waals surface area contributed by atoms with E-state index in [0.717, 1.165) is 0 Å². The molecule has 0 aliphatic carbocycles. The SMILES string of the molecule is COC(C)C(=O)N[C@@H]([C@H](C)O)[C@@](C)(O)[C@H](C=O)OC. The Morgan fingerprint density at radius 2 is 1.84 bits per heavy atom. The second kappa shape index (κ2) is 7.54. The zero-order valence-electron chi connectivity index (χ0n) is 11.9. The summed E-state index contributed by atoms with van der Waals surface area (Å²) in [7, 11) is 2.62. The average molecular weight is 277 g/mol. The van der Waals surface area contributed by atoms with Crippen LogP contribution in [0, 0.1) is 0 Å². The Hall–Kier alpha value is -1.02. The van der Waals surface area contributed by atoms with Crippen LogP contribution in [0.4, 0.5) is 0 Å². The molecule has 0 fully saturated rings. The summed E-state index contributed by atoms with van der Waals surface area (Å²) >= 11 is 0. The van der Waals surface area contributed by atoms with Crippen LogP contribution >= 0.6 is 0 Å². The molecule has 0 saturated heterocycles. The Labute approximate surface area is 112 Å². The molecule has 0 spiro atoms. The van der Waals surface area contributed by atoms with Gasteiger partial charge in [-0.15, -0.1) is 0 Å². The molecule has 0 rings (SSSR count). The summed E-state index contributed by atoms with van der Waals surface area (Å²) in [5, 5.41) is 22.5. The molecule has 0 aromatic carbocycles. The fourth-order valence-corrected chi connectivity index (χ4v) is 1.74. The molecule has 0 heterocycles. The lowest BCUT2D eigenvalue weighted by molar-refractivity contribution is -0.151. The van der Waals surface area contributed by atoms with E-state index in [9.17, 15) is 19.8 Å². The van der Waals surface area contributed by atoms with Crippen molar-refractivity contribution in [3.05, 3.63) is 0 Å². The number of aliphatic hydroxyl groups is 2. The van der Waals surface area contributed by atoms with Crippen molar-refractivity contribution in [3.8, 4) is 0 Å². The molecular weight excluding hydrogens is 254 g/mol. The predicted molar refractivity (Wildman–Crippen MR) is 67.6 cm³/mol. The van der Waals surface area contributed by atoms with E-state index in [2.05, 4.69) is 5.32 Å². The molecule has 7 heteroatoms. The van der Waals surface area contributed by atoms with E-state index >= 15 is 0 Å². The van der Waals surface area contributed by atoms with Gasteiger partial charge in [-0.25, -0.2) is 0 Å². The third-order valence-electron chi connectivity index (χ3n) is 3.09. The molecule has 1 amide bonds. The molecule has 0 radical (unpaired) electrons. The minimum atomic E-state index is -1.76. The van der Waals surface area contributed by atoms with Gasteiger partial charge in [0, 0.05) is 14.2 Å². The molecule has 5 atom stereocenters. The van der Waals surface area contributed by atoms with Gasteiger partial charge in [0.15, 0.2) is 6.29 Å². The maximum absolute atomic E-state index is 11.7. The topological polar surface area (TPSA) is 105 Å². The first kappa shape index (κ1) is 18.0. The van der Waals surface area contributed by atoms with Crippen molar-refractivity contribution < 1.29 is 29.3 Å². The number of amides is 1. The van der Waals surface area contributed by atoms with Crippen LogP contribution in [0.25, 0.3) is 0 Å². The number of hydrogen-bond acceptors (Lipinski definition) is 6. The fourth-order valence-electron chi connectivity index (χ4n) is 1.74. The number of methoxy groups -OCH3 is 2. The Morgan fingerprint density at radius 1 is 1.32 bits per heavy atom. The van der Waals surface area contributed by atoms with Crippen molar-refractivity contribution in [2.75, 3.05) is 14.2 Å². The zero-order valence-corrected chi connectivity index (χ0v) is 11.9. The van der Waals surface area contributed by atoms with Crippen molar-refractivity contribution in [2.24, 2.45) is 0 Å². The van der Waals surface area contributed by atoms with E-state index in [1.165, 1.54) is 35.0 Å². The molecule has 112 valence electrons. The number of carbonyl (C=O) groups excluding carboxylic acids is 2. The van der Waals surface area contributed by atoms with Crippen molar-refractivity contribution in [3.63, 3.8) is 0 Å². The molecule has 0 bridgehead atoms. The maximum atomic E-state index is 11.7. The summed E-state index contributed by atoms with van der Waals surface area (Å²) in [6.07, 6.45) is -2.58. The maximum Gasteiger partial charge on any atom is 0.249 e. The van der Waals surface area contributed by atoms with Gasteiger partial charge in [0.2, 0.25) is 5.91 Å². The van der Waals surface area contributed by atoms with Gasteiger partial charge in [-0.3, -0.25) is 4.79 Å². The van der Waals surface area contributed by atoms with Gasteiger partial charge in [0.05, 0.1) is 12.1 Å². The van der Waals surface area contributed by atoms with E-state index in [0.29, 0.717) is 6.29 Å². The average Bonchev–Trinajstić information content (AvgIpc) is 2.34. The van der Waals surface area contributed by atoms with Crippen LogP contribution in [0.1, 0.15) is 20.8 Å². The Kier molecular flexibility index (Phi) is 7.14. The number of ether oxygens (including phenoxy) is 2. The largest absolute Gasteiger partial charge is 0.391 e. The van der Waals surface area contributed by atoms with E-state index in [1.54, 1.807) is 0 Å². The highest BCUT2D eigenvalue weighted by Crippen LogP contribution is 2.19. The van der Waals surface area contributed by atoms with Crippen LogP contribution in [-0.2, 0) is 19.1 Å². The summed E-state index contributed by atoms with van der Waals surface area (Å²) in [5.74, 6) is -0.505. The van der Waals surface area contributed by atoms with Gasteiger partial charge in [-0.1, -0.05) is 0 Å². The van der Waals surface area contributed by atoms with Crippen LogP contribution in [0.3, 0.4) is 0 Å². The fraction of sp³-hybridized carbons (Fsp3) is 0.833. The molecule has 0 aromatic rings. The minimum Gasteiger partial charge on any atom is -0.391 e. The van der Waals surface area contributed by atoms with Crippen molar-refractivity contribution in [1.29, 1.82) is 0 Å². The van der Waals surface area contributed by atoms with E-state index in [1.807, 2.05) is 0 Å². The van der Waals surface area contributed by atoms with Crippen molar-refractivity contribution in [2.45, 2.75) is 50.7 Å². The lowest BCUT2D eigenvalue weighted by Crippen LogP contribution is -2.63. The quantitative estimate of drug-likeness (QED) is 0.484. The summed E-state index contributed by atoms with van der Waals surface area (Å²) in [6, 6.07) is -1.08. The molecule has 0 aliphatic rings. The van der Waals surface area contributed by atoms with E-state index in [-0.39, 0.29) is 0 Å². The highest BCUT2D eigenvalue weighted by molar-refractivity contribution is 5.81. The van der Waals surface area contributed by atoms with Gasteiger partial charge in [-0.05, 0) is 20.8 Å². The van der Waals surface area contributed by atoms with Gasteiger partial charge in [0.1, 0.15) is 17.8 Å². The molecule has 0 aliphatic heterocycles. The number of carbonyl (C=O) groups is 2. The van der Waals surface area contributed by atoms with Crippen LogP contribution in [0.5, 0.6) is 0 Å². The number of aldehydes is 1. The summed E-state index contributed by atoms with van der Waals surface area (Å²) in [5.41, 5.74) is -1.76. The van der Waals surface area contributed by atoms with Crippen molar-refractivity contribution >= 4 is 12.2 Å². The molecule has 0 saturated carbocycles. The molecule has 7 nitrogen and oxygen atoms in total. The third-order valence-corrected chi connectivity index (χ3v) is 3.09. The van der Waals surface area contributed by atoms with Crippen molar-refractivity contribution in [1.82, 2.24) is 5.32 Å². The first-order valence-corrected chi connectivity index (χ1v) is 5.94. The van der Waals surface area contributed by atoms with Crippen LogP contribution in [0.15, 0.2) is 0 Å². The number of hydrogen-bond donors (Lipinski definition) is 3. The molecule has 19 heavy (non-hydrogen) atoms. The Bertz CT molecular complexity index is 305. The molecule has 0 aromatic heterocycles. The Morgan fingerprint density at radius 3 is 2.16 bits per heavy atom. The van der Waals surface area contributed by atoms with Gasteiger partial charge in [0.25, 0.3) is 0 Å². The smallest absolute Gasteiger partial charge is 0.249 e. The van der Waals surface area contributed by atoms with Gasteiger partial charge >= 0.3 is 0 Å². The van der Waals surface area contributed by atoms with Gasteiger partial charge < -0.3 is 29.8 Å². The number of rotatable bonds is 8.